The number of piperidine rings is 3. The molecule has 6 nitrogen and oxygen atoms in total. The number of aromatic nitrogens is 2. The maximum absolute atomic E-state index is 5.55. The number of fused-ring (bicyclic) bond motifs is 3. The Labute approximate surface area is 177 Å². The van der Waals surface area contributed by atoms with Crippen LogP contribution < -0.4 is 10.1 Å². The van der Waals surface area contributed by atoms with Gasteiger partial charge >= 0.3 is 0 Å². The highest BCUT2D eigenvalue weighted by atomic mass is 16.5. The zero-order valence-corrected chi connectivity index (χ0v) is 17.8. The first kappa shape index (κ1) is 19.4. The van der Waals surface area contributed by atoms with Gasteiger partial charge in [0.1, 0.15) is 11.4 Å². The van der Waals surface area contributed by atoms with Crippen LogP contribution in [-0.2, 0) is 13.6 Å². The molecule has 3 aliphatic rings. The van der Waals surface area contributed by atoms with Gasteiger partial charge in [-0.25, -0.2) is 0 Å². The average Bonchev–Trinajstić information content (AvgIpc) is 3.44. The van der Waals surface area contributed by atoms with Crippen LogP contribution in [0.2, 0.25) is 0 Å². The van der Waals surface area contributed by atoms with Gasteiger partial charge in [-0.1, -0.05) is 12.1 Å². The number of rotatable bonds is 7. The van der Waals surface area contributed by atoms with Crippen molar-refractivity contribution in [3.63, 3.8) is 0 Å². The second-order valence-corrected chi connectivity index (χ2v) is 8.57. The minimum atomic E-state index is 0.554. The van der Waals surface area contributed by atoms with Gasteiger partial charge in [-0.05, 0) is 61.2 Å². The highest BCUT2D eigenvalue weighted by Gasteiger charge is 2.41. The van der Waals surface area contributed by atoms with Crippen molar-refractivity contribution < 1.29 is 9.15 Å². The van der Waals surface area contributed by atoms with Crippen LogP contribution in [0.15, 0.2) is 53.1 Å². The van der Waals surface area contributed by atoms with Gasteiger partial charge in [-0.15, -0.1) is 0 Å². The summed E-state index contributed by atoms with van der Waals surface area (Å²) in [6, 6.07) is 15.1. The number of hydrogen-bond acceptors (Lipinski definition) is 5. The number of furan rings is 1. The largest absolute Gasteiger partial charge is 0.497 e. The van der Waals surface area contributed by atoms with Crippen LogP contribution in [0.25, 0.3) is 11.5 Å². The SMILES string of the molecule is COc1ccc(CNC[C@H]2C[C@@H]3CCN2C[C@@H]3c2cc(-c3ccco3)nn2C)cc1. The van der Waals surface area contributed by atoms with Crippen molar-refractivity contribution in [2.75, 3.05) is 26.7 Å². The van der Waals surface area contributed by atoms with E-state index in [0.29, 0.717) is 12.0 Å². The quantitative estimate of drug-likeness (QED) is 0.649. The molecule has 3 aliphatic heterocycles. The third-order valence-corrected chi connectivity index (χ3v) is 6.82. The molecule has 6 heteroatoms. The molecule has 3 aromatic rings. The van der Waals surface area contributed by atoms with Crippen LogP contribution in [0.4, 0.5) is 0 Å². The van der Waals surface area contributed by atoms with Crippen molar-refractivity contribution in [1.29, 1.82) is 0 Å². The van der Waals surface area contributed by atoms with Gasteiger partial charge in [0.2, 0.25) is 0 Å². The van der Waals surface area contributed by atoms with Crippen molar-refractivity contribution in [3.05, 3.63) is 60.0 Å². The van der Waals surface area contributed by atoms with Crippen LogP contribution in [0.5, 0.6) is 5.75 Å². The molecule has 2 bridgehead atoms. The Hall–Kier alpha value is -2.57. The zero-order valence-electron chi connectivity index (χ0n) is 17.8. The molecule has 1 aromatic carbocycles. The second-order valence-electron chi connectivity index (χ2n) is 8.57. The lowest BCUT2D eigenvalue weighted by Gasteiger charge is -2.50. The Morgan fingerprint density at radius 1 is 1.23 bits per heavy atom. The van der Waals surface area contributed by atoms with Gasteiger partial charge in [-0.3, -0.25) is 9.58 Å². The monoisotopic (exact) mass is 406 g/mol. The first-order chi connectivity index (χ1) is 14.7. The number of benzene rings is 1. The lowest BCUT2D eigenvalue weighted by molar-refractivity contribution is 0.0282. The normalized spacial score (nSPS) is 25.5. The third kappa shape index (κ3) is 3.77. The van der Waals surface area contributed by atoms with Gasteiger partial charge in [0.15, 0.2) is 5.76 Å². The molecule has 158 valence electrons. The molecule has 5 heterocycles. The van der Waals surface area contributed by atoms with Crippen molar-refractivity contribution in [2.45, 2.75) is 31.3 Å². The number of ether oxygens (including phenoxy) is 1. The summed E-state index contributed by atoms with van der Waals surface area (Å²) in [5, 5.41) is 8.38. The molecule has 1 unspecified atom stereocenters. The lowest BCUT2D eigenvalue weighted by Crippen LogP contribution is -2.55. The van der Waals surface area contributed by atoms with E-state index in [-0.39, 0.29) is 0 Å². The third-order valence-electron chi connectivity index (χ3n) is 6.82. The average molecular weight is 407 g/mol. The Morgan fingerprint density at radius 3 is 2.80 bits per heavy atom. The van der Waals surface area contributed by atoms with E-state index in [9.17, 15) is 0 Å². The Balaban J connectivity index is 1.20. The minimum absolute atomic E-state index is 0.554. The molecule has 0 spiro atoms. The molecule has 2 aromatic heterocycles. The molecular weight excluding hydrogens is 376 g/mol. The summed E-state index contributed by atoms with van der Waals surface area (Å²) in [5.74, 6) is 3.03. The highest BCUT2D eigenvalue weighted by Crippen LogP contribution is 2.42. The molecular formula is C24H30N4O2. The number of nitrogens with one attached hydrogen (secondary N) is 1. The van der Waals surface area contributed by atoms with Crippen LogP contribution in [0.1, 0.15) is 30.0 Å². The van der Waals surface area contributed by atoms with Crippen LogP contribution in [-0.4, -0.2) is 47.5 Å². The van der Waals surface area contributed by atoms with E-state index in [1.807, 2.05) is 24.3 Å². The van der Waals surface area contributed by atoms with Gasteiger partial charge in [0.05, 0.1) is 13.4 Å². The van der Waals surface area contributed by atoms with Crippen molar-refractivity contribution in [2.24, 2.45) is 13.0 Å². The fourth-order valence-electron chi connectivity index (χ4n) is 5.19. The molecule has 30 heavy (non-hydrogen) atoms. The predicted octanol–water partition coefficient (Wildman–Crippen LogP) is 3.66. The molecule has 4 atom stereocenters. The number of hydrogen-bond donors (Lipinski definition) is 1. The molecule has 0 aliphatic carbocycles. The van der Waals surface area contributed by atoms with E-state index in [1.54, 1.807) is 13.4 Å². The molecule has 1 N–H and O–H groups in total. The van der Waals surface area contributed by atoms with E-state index in [4.69, 9.17) is 14.3 Å². The van der Waals surface area contributed by atoms with Gasteiger partial charge in [0, 0.05) is 44.3 Å². The number of methoxy groups -OCH3 is 1. The van der Waals surface area contributed by atoms with E-state index < -0.39 is 0 Å². The lowest BCUT2D eigenvalue weighted by atomic mass is 9.74. The van der Waals surface area contributed by atoms with Crippen molar-refractivity contribution in [3.8, 4) is 17.2 Å². The maximum atomic E-state index is 5.55. The molecule has 3 fully saturated rings. The van der Waals surface area contributed by atoms with Gasteiger partial charge in [-0.2, -0.15) is 5.10 Å². The fraction of sp³-hybridized carbons (Fsp3) is 0.458. The number of nitrogens with zero attached hydrogens (tertiary/aromatic N) is 3. The first-order valence-electron chi connectivity index (χ1n) is 10.9. The summed E-state index contributed by atoms with van der Waals surface area (Å²) in [6.07, 6.45) is 4.24. The fourth-order valence-corrected chi connectivity index (χ4v) is 5.19. The second kappa shape index (κ2) is 8.28. The van der Waals surface area contributed by atoms with Crippen molar-refractivity contribution in [1.82, 2.24) is 20.0 Å². The van der Waals surface area contributed by atoms with E-state index in [0.717, 1.165) is 42.8 Å². The zero-order chi connectivity index (χ0) is 20.5. The molecule has 0 saturated carbocycles. The molecule has 6 rings (SSSR count). The Morgan fingerprint density at radius 2 is 2.10 bits per heavy atom. The summed E-state index contributed by atoms with van der Waals surface area (Å²) in [7, 11) is 3.77. The maximum Gasteiger partial charge on any atom is 0.154 e. The van der Waals surface area contributed by atoms with Gasteiger partial charge < -0.3 is 14.5 Å². The standard InChI is InChI=1S/C24H30N4O2/c1-27-23(13-22(26-27)24-4-3-11-30-24)21-16-28-10-9-18(21)12-19(28)15-25-14-17-5-7-20(29-2)8-6-17/h3-8,11,13,18-19,21,25H,9-10,12,14-16H2,1-2H3/t18-,19+,21-/m0/s1. The van der Waals surface area contributed by atoms with Gasteiger partial charge in [0.25, 0.3) is 0 Å². The summed E-state index contributed by atoms with van der Waals surface area (Å²) in [6.45, 7) is 4.27. The molecule has 3 saturated heterocycles. The summed E-state index contributed by atoms with van der Waals surface area (Å²) in [4.78, 5) is 2.67. The highest BCUT2D eigenvalue weighted by molar-refractivity contribution is 5.52. The first-order valence-corrected chi connectivity index (χ1v) is 10.9. The Kier molecular flexibility index (Phi) is 5.35. The van der Waals surface area contributed by atoms with Crippen molar-refractivity contribution >= 4 is 0 Å². The number of aryl methyl sites for hydroxylation is 1. The predicted molar refractivity (Wildman–Crippen MR) is 116 cm³/mol. The summed E-state index contributed by atoms with van der Waals surface area (Å²) in [5.41, 5.74) is 3.57. The minimum Gasteiger partial charge on any atom is -0.497 e. The van der Waals surface area contributed by atoms with E-state index in [1.165, 1.54) is 30.6 Å². The van der Waals surface area contributed by atoms with E-state index in [2.05, 4.69) is 40.1 Å². The van der Waals surface area contributed by atoms with Crippen LogP contribution in [0, 0.1) is 5.92 Å². The van der Waals surface area contributed by atoms with Crippen LogP contribution >= 0.6 is 0 Å². The Bertz CT molecular complexity index is 964. The molecule has 0 radical (unpaired) electrons. The topological polar surface area (TPSA) is 55.5 Å². The van der Waals surface area contributed by atoms with Crippen LogP contribution in [0.3, 0.4) is 0 Å². The summed E-state index contributed by atoms with van der Waals surface area (Å²) < 4.78 is 12.8. The smallest absolute Gasteiger partial charge is 0.154 e. The molecule has 0 amide bonds. The van der Waals surface area contributed by atoms with E-state index >= 15 is 0 Å². The summed E-state index contributed by atoms with van der Waals surface area (Å²) >= 11 is 0.